The molecule has 0 bridgehead atoms. The predicted molar refractivity (Wildman–Crippen MR) is 103 cm³/mol. The van der Waals surface area contributed by atoms with Gasteiger partial charge >= 0.3 is 6.09 Å². The number of likely N-dealkylation sites (tertiary alicyclic amines) is 1. The van der Waals surface area contributed by atoms with E-state index in [1.807, 2.05) is 31.7 Å². The number of carbonyl (C=O) groups excluding carboxylic acids is 1. The third-order valence-corrected chi connectivity index (χ3v) is 4.88. The van der Waals surface area contributed by atoms with Crippen LogP contribution in [0.15, 0.2) is 30.3 Å². The van der Waals surface area contributed by atoms with Crippen LogP contribution in [-0.2, 0) is 11.3 Å². The molecular weight excluding hydrogens is 312 g/mol. The third kappa shape index (κ3) is 5.74. The Morgan fingerprint density at radius 3 is 2.16 bits per heavy atom. The standard InChI is InChI=1S/C21H34N2O2/c1-6-18-13-17(22-15-16-11-9-8-10-12-16)14-19(7-2)23(18)20(24)25-21(3,4)5/h8-12,17-19,22H,6-7,13-15H2,1-5H3/t17?,18-,19+. The van der Waals surface area contributed by atoms with Gasteiger partial charge in [-0.2, -0.15) is 0 Å². The van der Waals surface area contributed by atoms with Crippen molar-refractivity contribution in [3.63, 3.8) is 0 Å². The second kappa shape index (κ2) is 8.70. The first-order valence-corrected chi connectivity index (χ1v) is 9.62. The van der Waals surface area contributed by atoms with Crippen molar-refractivity contribution in [2.45, 2.75) is 90.6 Å². The Kier molecular flexibility index (Phi) is 6.88. The molecule has 4 heteroatoms. The van der Waals surface area contributed by atoms with Crippen molar-refractivity contribution in [3.05, 3.63) is 35.9 Å². The first-order chi connectivity index (χ1) is 11.8. The fourth-order valence-corrected chi connectivity index (χ4v) is 3.64. The number of amides is 1. The summed E-state index contributed by atoms with van der Waals surface area (Å²) >= 11 is 0. The Hall–Kier alpha value is -1.55. The molecule has 4 nitrogen and oxygen atoms in total. The molecule has 2 rings (SSSR count). The average Bonchev–Trinajstić information content (AvgIpc) is 2.58. The zero-order valence-corrected chi connectivity index (χ0v) is 16.4. The summed E-state index contributed by atoms with van der Waals surface area (Å²) in [6.07, 6.45) is 3.73. The third-order valence-electron chi connectivity index (χ3n) is 4.88. The zero-order chi connectivity index (χ0) is 18.4. The first-order valence-electron chi connectivity index (χ1n) is 9.62. The second-order valence-electron chi connectivity index (χ2n) is 8.05. The van der Waals surface area contributed by atoms with E-state index in [9.17, 15) is 4.79 Å². The number of nitrogens with one attached hydrogen (secondary N) is 1. The molecule has 0 saturated carbocycles. The van der Waals surface area contributed by atoms with Crippen LogP contribution in [0.2, 0.25) is 0 Å². The van der Waals surface area contributed by atoms with E-state index in [1.54, 1.807) is 0 Å². The molecule has 25 heavy (non-hydrogen) atoms. The summed E-state index contributed by atoms with van der Waals surface area (Å²) in [4.78, 5) is 14.7. The number of rotatable bonds is 5. The number of nitrogens with zero attached hydrogens (tertiary/aromatic N) is 1. The Morgan fingerprint density at radius 2 is 1.68 bits per heavy atom. The van der Waals surface area contributed by atoms with E-state index in [0.29, 0.717) is 6.04 Å². The van der Waals surface area contributed by atoms with Crippen molar-refractivity contribution < 1.29 is 9.53 Å². The molecule has 1 heterocycles. The van der Waals surface area contributed by atoms with Gasteiger partial charge in [0.1, 0.15) is 5.60 Å². The van der Waals surface area contributed by atoms with Crippen molar-refractivity contribution in [1.82, 2.24) is 10.2 Å². The highest BCUT2D eigenvalue weighted by Crippen LogP contribution is 2.29. The van der Waals surface area contributed by atoms with E-state index in [2.05, 4.69) is 43.4 Å². The van der Waals surface area contributed by atoms with Crippen LogP contribution in [-0.4, -0.2) is 34.7 Å². The lowest BCUT2D eigenvalue weighted by Crippen LogP contribution is -2.56. The van der Waals surface area contributed by atoms with Crippen molar-refractivity contribution in [1.29, 1.82) is 0 Å². The minimum Gasteiger partial charge on any atom is -0.444 e. The number of ether oxygens (including phenoxy) is 1. The Morgan fingerprint density at radius 1 is 1.12 bits per heavy atom. The summed E-state index contributed by atoms with van der Waals surface area (Å²) in [7, 11) is 0. The maximum Gasteiger partial charge on any atom is 0.410 e. The van der Waals surface area contributed by atoms with Crippen LogP contribution in [0.5, 0.6) is 0 Å². The van der Waals surface area contributed by atoms with Crippen LogP contribution in [0.4, 0.5) is 4.79 Å². The molecule has 1 saturated heterocycles. The van der Waals surface area contributed by atoms with E-state index in [-0.39, 0.29) is 18.2 Å². The average molecular weight is 347 g/mol. The summed E-state index contributed by atoms with van der Waals surface area (Å²) < 4.78 is 5.67. The molecule has 1 aromatic carbocycles. The molecule has 0 aromatic heterocycles. The van der Waals surface area contributed by atoms with Crippen LogP contribution in [0.25, 0.3) is 0 Å². The van der Waals surface area contributed by atoms with E-state index in [4.69, 9.17) is 4.74 Å². The Bertz CT molecular complexity index is 525. The topological polar surface area (TPSA) is 41.6 Å². The van der Waals surface area contributed by atoms with Crippen molar-refractivity contribution in [2.24, 2.45) is 0 Å². The van der Waals surface area contributed by atoms with E-state index >= 15 is 0 Å². The fourth-order valence-electron chi connectivity index (χ4n) is 3.64. The van der Waals surface area contributed by atoms with Gasteiger partial charge in [-0.15, -0.1) is 0 Å². The molecule has 1 aliphatic rings. The molecule has 1 fully saturated rings. The molecule has 140 valence electrons. The Labute approximate surface area is 152 Å². The summed E-state index contributed by atoms with van der Waals surface area (Å²) in [6.45, 7) is 11.0. The lowest BCUT2D eigenvalue weighted by molar-refractivity contribution is -0.0112. The molecule has 1 unspecified atom stereocenters. The summed E-state index contributed by atoms with van der Waals surface area (Å²) in [5.41, 5.74) is 0.856. The normalized spacial score (nSPS) is 24.2. The van der Waals surface area contributed by atoms with Crippen molar-refractivity contribution >= 4 is 6.09 Å². The highest BCUT2D eigenvalue weighted by atomic mass is 16.6. The number of carbonyl (C=O) groups is 1. The van der Waals surface area contributed by atoms with Crippen LogP contribution in [0.3, 0.4) is 0 Å². The van der Waals surface area contributed by atoms with Crippen molar-refractivity contribution in [2.75, 3.05) is 0 Å². The van der Waals surface area contributed by atoms with Gasteiger partial charge < -0.3 is 15.0 Å². The van der Waals surface area contributed by atoms with Gasteiger partial charge in [0.05, 0.1) is 0 Å². The SMILES string of the molecule is CC[C@@H]1CC(NCc2ccccc2)C[C@H](CC)N1C(=O)OC(C)(C)C. The zero-order valence-electron chi connectivity index (χ0n) is 16.4. The molecule has 1 aliphatic heterocycles. The lowest BCUT2D eigenvalue weighted by atomic mass is 9.88. The molecule has 1 N–H and O–H groups in total. The molecule has 3 atom stereocenters. The minimum absolute atomic E-state index is 0.160. The molecular formula is C21H34N2O2. The van der Waals surface area contributed by atoms with Crippen LogP contribution in [0.1, 0.15) is 65.9 Å². The summed E-state index contributed by atoms with van der Waals surface area (Å²) in [6, 6.07) is 11.4. The van der Waals surface area contributed by atoms with Gasteiger partial charge in [-0.05, 0) is 52.0 Å². The molecule has 0 radical (unpaired) electrons. The number of benzene rings is 1. The number of piperidine rings is 1. The Balaban J connectivity index is 2.02. The molecule has 1 amide bonds. The quantitative estimate of drug-likeness (QED) is 0.838. The summed E-state index contributed by atoms with van der Waals surface area (Å²) in [5.74, 6) is 0. The number of hydrogen-bond donors (Lipinski definition) is 1. The summed E-state index contributed by atoms with van der Waals surface area (Å²) in [5, 5.41) is 3.70. The predicted octanol–water partition coefficient (Wildman–Crippen LogP) is 4.73. The number of hydrogen-bond acceptors (Lipinski definition) is 3. The van der Waals surface area contributed by atoms with Gasteiger partial charge in [-0.25, -0.2) is 4.79 Å². The maximum absolute atomic E-state index is 12.7. The van der Waals surface area contributed by atoms with Gasteiger partial charge in [0.15, 0.2) is 0 Å². The van der Waals surface area contributed by atoms with Gasteiger partial charge in [-0.3, -0.25) is 0 Å². The van der Waals surface area contributed by atoms with E-state index < -0.39 is 5.60 Å². The minimum atomic E-state index is -0.448. The van der Waals surface area contributed by atoms with Gasteiger partial charge in [0, 0.05) is 24.7 Å². The second-order valence-corrected chi connectivity index (χ2v) is 8.05. The van der Waals surface area contributed by atoms with E-state index in [0.717, 1.165) is 32.2 Å². The van der Waals surface area contributed by atoms with Crippen LogP contribution in [0, 0.1) is 0 Å². The first kappa shape index (κ1) is 19.8. The van der Waals surface area contributed by atoms with Crippen LogP contribution < -0.4 is 5.32 Å². The lowest BCUT2D eigenvalue weighted by Gasteiger charge is -2.45. The van der Waals surface area contributed by atoms with Gasteiger partial charge in [0.2, 0.25) is 0 Å². The van der Waals surface area contributed by atoms with Gasteiger partial charge in [-0.1, -0.05) is 44.2 Å². The maximum atomic E-state index is 12.7. The van der Waals surface area contributed by atoms with Crippen LogP contribution >= 0.6 is 0 Å². The molecule has 1 aromatic rings. The monoisotopic (exact) mass is 346 g/mol. The van der Waals surface area contributed by atoms with Crippen molar-refractivity contribution in [3.8, 4) is 0 Å². The smallest absolute Gasteiger partial charge is 0.410 e. The molecule has 0 aliphatic carbocycles. The van der Waals surface area contributed by atoms with Gasteiger partial charge in [0.25, 0.3) is 0 Å². The highest BCUT2D eigenvalue weighted by Gasteiger charge is 2.38. The molecule has 0 spiro atoms. The van der Waals surface area contributed by atoms with E-state index in [1.165, 1.54) is 5.56 Å². The fraction of sp³-hybridized carbons (Fsp3) is 0.667. The largest absolute Gasteiger partial charge is 0.444 e. The highest BCUT2D eigenvalue weighted by molar-refractivity contribution is 5.69.